The summed E-state index contributed by atoms with van der Waals surface area (Å²) in [5.74, 6) is -0.0262. The van der Waals surface area contributed by atoms with E-state index in [-0.39, 0.29) is 10.5 Å². The van der Waals surface area contributed by atoms with Crippen molar-refractivity contribution < 1.29 is 17.9 Å². The van der Waals surface area contributed by atoms with Crippen LogP contribution in [0.4, 0.5) is 0 Å². The number of benzene rings is 1. The summed E-state index contributed by atoms with van der Waals surface area (Å²) in [4.78, 5) is 11.9. The lowest BCUT2D eigenvalue weighted by molar-refractivity contribution is 0.0485. The number of hydrogen-bond acceptors (Lipinski definition) is 4. The molecule has 0 aromatic heterocycles. The zero-order valence-corrected chi connectivity index (χ0v) is 11.8. The maximum absolute atomic E-state index is 11.9. The van der Waals surface area contributed by atoms with Gasteiger partial charge in [-0.15, -0.1) is 0 Å². The summed E-state index contributed by atoms with van der Waals surface area (Å²) in [5, 5.41) is 5.13. The Kier molecular flexibility index (Phi) is 3.64. The van der Waals surface area contributed by atoms with Gasteiger partial charge in [-0.25, -0.2) is 18.4 Å². The molecule has 0 saturated heterocycles. The lowest BCUT2D eigenvalue weighted by atomic mass is 10.1. The summed E-state index contributed by atoms with van der Waals surface area (Å²) >= 11 is 0. The number of rotatable bonds is 4. The van der Waals surface area contributed by atoms with Crippen LogP contribution in [-0.4, -0.2) is 21.0 Å². The number of carbonyl (C=O) groups excluding carboxylic acids is 1. The van der Waals surface area contributed by atoms with E-state index in [9.17, 15) is 13.2 Å². The molecule has 0 radical (unpaired) electrons. The molecule has 0 unspecified atom stereocenters. The lowest BCUT2D eigenvalue weighted by Crippen LogP contribution is -2.16. The molecular formula is C13H17NO4S. The van der Waals surface area contributed by atoms with Crippen LogP contribution in [0.15, 0.2) is 17.0 Å². The van der Waals surface area contributed by atoms with Crippen molar-refractivity contribution in [3.63, 3.8) is 0 Å². The monoisotopic (exact) mass is 283 g/mol. The Morgan fingerprint density at radius 1 is 1.32 bits per heavy atom. The molecule has 2 rings (SSSR count). The summed E-state index contributed by atoms with van der Waals surface area (Å²) < 4.78 is 28.0. The van der Waals surface area contributed by atoms with Gasteiger partial charge in [-0.3, -0.25) is 0 Å². The van der Waals surface area contributed by atoms with E-state index in [1.165, 1.54) is 6.07 Å². The Morgan fingerprint density at radius 2 is 1.95 bits per heavy atom. The van der Waals surface area contributed by atoms with Crippen molar-refractivity contribution in [3.05, 3.63) is 28.8 Å². The highest BCUT2D eigenvalue weighted by molar-refractivity contribution is 7.89. The summed E-state index contributed by atoms with van der Waals surface area (Å²) in [5.41, 5.74) is 1.47. The van der Waals surface area contributed by atoms with Crippen LogP contribution in [-0.2, 0) is 14.8 Å². The third kappa shape index (κ3) is 3.33. The van der Waals surface area contributed by atoms with Gasteiger partial charge in [0.25, 0.3) is 0 Å². The van der Waals surface area contributed by atoms with E-state index in [1.54, 1.807) is 19.9 Å². The summed E-state index contributed by atoms with van der Waals surface area (Å²) in [7, 11) is -3.83. The third-order valence-corrected chi connectivity index (χ3v) is 4.25. The smallest absolute Gasteiger partial charge is 0.338 e. The van der Waals surface area contributed by atoms with E-state index in [4.69, 9.17) is 9.88 Å². The summed E-state index contributed by atoms with van der Waals surface area (Å²) in [6.07, 6.45) is 2.17. The second kappa shape index (κ2) is 4.94. The van der Waals surface area contributed by atoms with Gasteiger partial charge in [-0.1, -0.05) is 6.07 Å². The number of esters is 1. The summed E-state index contributed by atoms with van der Waals surface area (Å²) in [6.45, 7) is 3.79. The Morgan fingerprint density at radius 3 is 2.47 bits per heavy atom. The van der Waals surface area contributed by atoms with Crippen LogP contribution in [0.5, 0.6) is 0 Å². The first-order valence-electron chi connectivity index (χ1n) is 6.10. The number of aryl methyl sites for hydroxylation is 2. The molecule has 6 heteroatoms. The minimum absolute atomic E-state index is 0.0310. The lowest BCUT2D eigenvalue weighted by Gasteiger charge is -2.10. The predicted molar refractivity (Wildman–Crippen MR) is 70.3 cm³/mol. The number of carbonyl (C=O) groups is 1. The van der Waals surface area contributed by atoms with Crippen LogP contribution in [0.1, 0.15) is 34.3 Å². The summed E-state index contributed by atoms with van der Waals surface area (Å²) in [6, 6.07) is 2.93. The average molecular weight is 283 g/mol. The van der Waals surface area contributed by atoms with Crippen molar-refractivity contribution in [2.24, 2.45) is 11.1 Å². The van der Waals surface area contributed by atoms with Crippen molar-refractivity contribution in [3.8, 4) is 0 Å². The molecule has 0 bridgehead atoms. The van der Waals surface area contributed by atoms with E-state index in [2.05, 4.69) is 0 Å². The molecule has 1 fully saturated rings. The van der Waals surface area contributed by atoms with Crippen LogP contribution in [0.2, 0.25) is 0 Å². The molecule has 1 aromatic rings. The van der Waals surface area contributed by atoms with Crippen LogP contribution in [0, 0.1) is 19.8 Å². The van der Waals surface area contributed by atoms with Gasteiger partial charge in [0.15, 0.2) is 0 Å². The average Bonchev–Trinajstić information content (AvgIpc) is 3.07. The fourth-order valence-electron chi connectivity index (χ4n) is 1.91. The fourth-order valence-corrected chi connectivity index (χ4v) is 2.70. The molecule has 0 heterocycles. The molecule has 0 atom stereocenters. The number of hydrogen-bond donors (Lipinski definition) is 1. The van der Waals surface area contributed by atoms with Gasteiger partial charge in [0, 0.05) is 0 Å². The molecular weight excluding hydrogens is 266 g/mol. The molecule has 1 aliphatic carbocycles. The largest absolute Gasteiger partial charge is 0.462 e. The molecule has 104 valence electrons. The Bertz CT molecular complexity index is 618. The maximum atomic E-state index is 11.9. The zero-order chi connectivity index (χ0) is 14.2. The van der Waals surface area contributed by atoms with E-state index in [1.807, 2.05) is 0 Å². The van der Waals surface area contributed by atoms with Crippen LogP contribution in [0.25, 0.3) is 0 Å². The van der Waals surface area contributed by atoms with E-state index in [0.29, 0.717) is 23.7 Å². The predicted octanol–water partition coefficient (Wildman–Crippen LogP) is 1.52. The van der Waals surface area contributed by atoms with Crippen LogP contribution >= 0.6 is 0 Å². The van der Waals surface area contributed by atoms with Crippen molar-refractivity contribution in [2.75, 3.05) is 6.61 Å². The molecule has 1 saturated carbocycles. The fraction of sp³-hybridized carbons (Fsp3) is 0.462. The van der Waals surface area contributed by atoms with Crippen LogP contribution in [0.3, 0.4) is 0 Å². The van der Waals surface area contributed by atoms with Crippen molar-refractivity contribution in [1.29, 1.82) is 0 Å². The number of sulfonamides is 1. The molecule has 1 aromatic carbocycles. The van der Waals surface area contributed by atoms with Gasteiger partial charge in [0.05, 0.1) is 17.1 Å². The number of nitrogens with two attached hydrogens (primary N) is 1. The topological polar surface area (TPSA) is 86.5 Å². The number of ether oxygens (including phenoxy) is 1. The normalized spacial score (nSPS) is 15.3. The Balaban J connectivity index is 2.30. The molecule has 2 N–H and O–H groups in total. The van der Waals surface area contributed by atoms with E-state index in [0.717, 1.165) is 12.8 Å². The molecule has 0 amide bonds. The molecule has 0 aliphatic heterocycles. The van der Waals surface area contributed by atoms with Gasteiger partial charge in [-0.2, -0.15) is 0 Å². The first-order valence-corrected chi connectivity index (χ1v) is 7.65. The van der Waals surface area contributed by atoms with E-state index >= 15 is 0 Å². The van der Waals surface area contributed by atoms with Gasteiger partial charge in [0.1, 0.15) is 0 Å². The molecule has 5 nitrogen and oxygen atoms in total. The van der Waals surface area contributed by atoms with Gasteiger partial charge in [0.2, 0.25) is 10.0 Å². The second-order valence-electron chi connectivity index (χ2n) is 5.02. The Hall–Kier alpha value is -1.40. The van der Waals surface area contributed by atoms with Gasteiger partial charge in [-0.05, 0) is 49.8 Å². The number of primary sulfonamides is 1. The SMILES string of the molecule is Cc1cc(C)c(S(N)(=O)=O)cc1C(=O)OCC1CC1. The molecule has 1 aliphatic rings. The van der Waals surface area contributed by atoms with Crippen molar-refractivity contribution in [2.45, 2.75) is 31.6 Å². The first kappa shape index (κ1) is 14.0. The highest BCUT2D eigenvalue weighted by Gasteiger charge is 2.24. The molecule has 19 heavy (non-hydrogen) atoms. The third-order valence-electron chi connectivity index (χ3n) is 3.20. The van der Waals surface area contributed by atoms with Gasteiger partial charge < -0.3 is 4.74 Å². The highest BCUT2D eigenvalue weighted by Crippen LogP contribution is 2.29. The van der Waals surface area contributed by atoms with Crippen LogP contribution < -0.4 is 5.14 Å². The zero-order valence-electron chi connectivity index (χ0n) is 11.0. The first-order chi connectivity index (χ1) is 8.79. The van der Waals surface area contributed by atoms with Gasteiger partial charge >= 0.3 is 5.97 Å². The minimum atomic E-state index is -3.83. The van der Waals surface area contributed by atoms with Crippen molar-refractivity contribution in [1.82, 2.24) is 0 Å². The highest BCUT2D eigenvalue weighted by atomic mass is 32.2. The minimum Gasteiger partial charge on any atom is -0.462 e. The van der Waals surface area contributed by atoms with E-state index < -0.39 is 16.0 Å². The molecule has 0 spiro atoms. The Labute approximate surface area is 112 Å². The van der Waals surface area contributed by atoms with Crippen molar-refractivity contribution >= 4 is 16.0 Å². The maximum Gasteiger partial charge on any atom is 0.338 e. The second-order valence-corrected chi connectivity index (χ2v) is 6.55. The standard InChI is InChI=1S/C13H17NO4S/c1-8-5-9(2)12(19(14,16)17)6-11(8)13(15)18-7-10-3-4-10/h5-6,10H,3-4,7H2,1-2H3,(H2,14,16,17). The quantitative estimate of drug-likeness (QED) is 0.849.